The fourth-order valence-corrected chi connectivity index (χ4v) is 5.29. The summed E-state index contributed by atoms with van der Waals surface area (Å²) in [6.07, 6.45) is 0.610. The summed E-state index contributed by atoms with van der Waals surface area (Å²) in [6, 6.07) is 5.36. The molecule has 8 heteroatoms. The van der Waals surface area contributed by atoms with E-state index in [1.54, 1.807) is 4.90 Å². The first-order valence-corrected chi connectivity index (χ1v) is 10.9. The molecule has 1 heterocycles. The van der Waals surface area contributed by atoms with Crippen LogP contribution in [0.1, 0.15) is 25.0 Å². The lowest BCUT2D eigenvalue weighted by molar-refractivity contribution is -0.118. The van der Waals surface area contributed by atoms with E-state index in [9.17, 15) is 18.3 Å². The van der Waals surface area contributed by atoms with E-state index in [0.29, 0.717) is 6.54 Å². The van der Waals surface area contributed by atoms with Gasteiger partial charge >= 0.3 is 0 Å². The number of carbonyl (C=O) groups excluding carboxylic acids is 1. The molecule has 4 N–H and O–H groups in total. The molecule has 0 spiro atoms. The predicted octanol–water partition coefficient (Wildman–Crippen LogP) is 0.169. The number of anilines is 1. The number of nitrogens with zero attached hydrogens (tertiary/aromatic N) is 1. The topological polar surface area (TPSA) is 113 Å². The van der Waals surface area contributed by atoms with Crippen LogP contribution in [-0.4, -0.2) is 67.6 Å². The second kappa shape index (κ2) is 8.94. The first-order valence-electron chi connectivity index (χ1n) is 9.04. The van der Waals surface area contributed by atoms with Gasteiger partial charge in [0.05, 0.1) is 30.2 Å². The van der Waals surface area contributed by atoms with E-state index in [2.05, 4.69) is 5.32 Å². The maximum atomic E-state index is 12.6. The highest BCUT2D eigenvalue weighted by Gasteiger charge is 2.40. The largest absolute Gasteiger partial charge is 0.390 e. The van der Waals surface area contributed by atoms with E-state index in [1.807, 2.05) is 32.0 Å². The third kappa shape index (κ3) is 5.03. The van der Waals surface area contributed by atoms with E-state index in [0.717, 1.165) is 29.7 Å². The Balaban J connectivity index is 2.14. The number of carbonyl (C=O) groups is 1. The number of sulfone groups is 1. The fourth-order valence-electron chi connectivity index (χ4n) is 3.45. The van der Waals surface area contributed by atoms with Crippen LogP contribution in [0.2, 0.25) is 0 Å². The average molecular weight is 384 g/mol. The van der Waals surface area contributed by atoms with Gasteiger partial charge < -0.3 is 16.2 Å². The number of aliphatic hydroxyl groups excluding tert-OH is 1. The molecule has 0 bridgehead atoms. The zero-order valence-electron chi connectivity index (χ0n) is 15.4. The average Bonchev–Trinajstić information content (AvgIpc) is 2.87. The molecular weight excluding hydrogens is 354 g/mol. The molecule has 2 rings (SSSR count). The smallest absolute Gasteiger partial charge is 0.238 e. The van der Waals surface area contributed by atoms with Crippen LogP contribution in [0.3, 0.4) is 0 Å². The van der Waals surface area contributed by atoms with Crippen molar-refractivity contribution in [3.05, 3.63) is 29.3 Å². The second-order valence-corrected chi connectivity index (χ2v) is 8.83. The first kappa shape index (κ1) is 20.8. The van der Waals surface area contributed by atoms with Crippen molar-refractivity contribution in [2.45, 2.75) is 38.8 Å². The SMILES string of the molecule is CCc1cccc(CC)c1NC(=O)CN(CCN)C1CS(=O)(=O)CC1O. The number of benzene rings is 1. The lowest BCUT2D eigenvalue weighted by Crippen LogP contribution is -2.48. The number of amides is 1. The van der Waals surface area contributed by atoms with Gasteiger partial charge in [-0.15, -0.1) is 0 Å². The number of aliphatic hydroxyl groups is 1. The molecule has 146 valence electrons. The van der Waals surface area contributed by atoms with Crippen LogP contribution < -0.4 is 11.1 Å². The molecule has 1 saturated heterocycles. The zero-order chi connectivity index (χ0) is 19.3. The van der Waals surface area contributed by atoms with Crippen molar-refractivity contribution in [1.82, 2.24) is 4.90 Å². The summed E-state index contributed by atoms with van der Waals surface area (Å²) in [5.41, 5.74) is 8.58. The first-order chi connectivity index (χ1) is 12.3. The molecule has 0 aliphatic carbocycles. The van der Waals surface area contributed by atoms with Crippen molar-refractivity contribution < 1.29 is 18.3 Å². The highest BCUT2D eigenvalue weighted by molar-refractivity contribution is 7.91. The van der Waals surface area contributed by atoms with Gasteiger partial charge in [-0.05, 0) is 24.0 Å². The minimum Gasteiger partial charge on any atom is -0.390 e. The number of hydrogen-bond acceptors (Lipinski definition) is 6. The molecule has 1 aromatic rings. The number of aryl methyl sites for hydroxylation is 2. The zero-order valence-corrected chi connectivity index (χ0v) is 16.3. The van der Waals surface area contributed by atoms with Gasteiger partial charge in [-0.2, -0.15) is 0 Å². The van der Waals surface area contributed by atoms with E-state index in [4.69, 9.17) is 5.73 Å². The van der Waals surface area contributed by atoms with Gasteiger partial charge in [0.25, 0.3) is 0 Å². The monoisotopic (exact) mass is 383 g/mol. The minimum atomic E-state index is -3.29. The number of nitrogens with two attached hydrogens (primary N) is 1. The van der Waals surface area contributed by atoms with E-state index < -0.39 is 22.0 Å². The Kier molecular flexibility index (Phi) is 7.16. The Morgan fingerprint density at radius 3 is 2.35 bits per heavy atom. The number of hydrogen-bond donors (Lipinski definition) is 3. The molecule has 26 heavy (non-hydrogen) atoms. The van der Waals surface area contributed by atoms with Crippen LogP contribution >= 0.6 is 0 Å². The van der Waals surface area contributed by atoms with E-state index in [-0.39, 0.29) is 30.5 Å². The van der Waals surface area contributed by atoms with Crippen LogP contribution in [0.25, 0.3) is 0 Å². The van der Waals surface area contributed by atoms with Crippen molar-refractivity contribution >= 4 is 21.4 Å². The molecular formula is C18H29N3O4S. The third-order valence-electron chi connectivity index (χ3n) is 4.79. The Bertz CT molecular complexity index is 714. The molecule has 2 atom stereocenters. The maximum Gasteiger partial charge on any atom is 0.238 e. The number of para-hydroxylation sites is 1. The molecule has 7 nitrogen and oxygen atoms in total. The van der Waals surface area contributed by atoms with Crippen molar-refractivity contribution in [2.24, 2.45) is 5.73 Å². The maximum absolute atomic E-state index is 12.6. The molecule has 0 saturated carbocycles. The van der Waals surface area contributed by atoms with Gasteiger partial charge in [0.15, 0.2) is 9.84 Å². The minimum absolute atomic E-state index is 0.00432. The molecule has 1 aliphatic rings. The third-order valence-corrected chi connectivity index (χ3v) is 6.49. The summed E-state index contributed by atoms with van der Waals surface area (Å²) in [6.45, 7) is 4.69. The van der Waals surface area contributed by atoms with Gasteiger partial charge in [0, 0.05) is 18.8 Å². The van der Waals surface area contributed by atoms with Gasteiger partial charge in [0.1, 0.15) is 0 Å². The number of nitrogens with one attached hydrogen (secondary N) is 1. The molecule has 0 radical (unpaired) electrons. The molecule has 1 fully saturated rings. The van der Waals surface area contributed by atoms with Crippen molar-refractivity contribution in [2.75, 3.05) is 36.5 Å². The standard InChI is InChI=1S/C18H29N3O4S/c1-3-13-6-5-7-14(4-2)18(13)20-17(23)10-21(9-8-19)15-11-26(24,25)12-16(15)22/h5-7,15-16,22H,3-4,8-12,19H2,1-2H3,(H,20,23). The summed E-state index contributed by atoms with van der Waals surface area (Å²) >= 11 is 0. The Morgan fingerprint density at radius 2 is 1.88 bits per heavy atom. The Hall–Kier alpha value is -1.48. The van der Waals surface area contributed by atoms with Crippen LogP contribution in [-0.2, 0) is 27.5 Å². The lowest BCUT2D eigenvalue weighted by atomic mass is 10.0. The van der Waals surface area contributed by atoms with Gasteiger partial charge in [-0.25, -0.2) is 8.42 Å². The second-order valence-electron chi connectivity index (χ2n) is 6.68. The van der Waals surface area contributed by atoms with Crippen LogP contribution in [0.4, 0.5) is 5.69 Å². The van der Waals surface area contributed by atoms with Gasteiger partial charge in [-0.1, -0.05) is 32.0 Å². The quantitative estimate of drug-likeness (QED) is 0.590. The van der Waals surface area contributed by atoms with Crippen LogP contribution in [0.5, 0.6) is 0 Å². The Morgan fingerprint density at radius 1 is 1.27 bits per heavy atom. The van der Waals surface area contributed by atoms with E-state index in [1.165, 1.54) is 0 Å². The highest BCUT2D eigenvalue weighted by Crippen LogP contribution is 2.23. The van der Waals surface area contributed by atoms with Crippen LogP contribution in [0.15, 0.2) is 18.2 Å². The molecule has 1 amide bonds. The molecule has 2 unspecified atom stereocenters. The normalized spacial score (nSPS) is 21.9. The van der Waals surface area contributed by atoms with E-state index >= 15 is 0 Å². The highest BCUT2D eigenvalue weighted by atomic mass is 32.2. The summed E-state index contributed by atoms with van der Waals surface area (Å²) in [5.74, 6) is -0.641. The summed E-state index contributed by atoms with van der Waals surface area (Å²) < 4.78 is 23.6. The Labute approximate surface area is 155 Å². The molecule has 1 aromatic carbocycles. The predicted molar refractivity (Wildman–Crippen MR) is 103 cm³/mol. The summed E-state index contributed by atoms with van der Waals surface area (Å²) in [7, 11) is -3.29. The van der Waals surface area contributed by atoms with Crippen LogP contribution in [0, 0.1) is 0 Å². The molecule has 0 aromatic heterocycles. The number of rotatable bonds is 8. The molecule has 1 aliphatic heterocycles. The van der Waals surface area contributed by atoms with Gasteiger partial charge in [0.2, 0.25) is 5.91 Å². The van der Waals surface area contributed by atoms with Gasteiger partial charge in [-0.3, -0.25) is 9.69 Å². The van der Waals surface area contributed by atoms with Crippen molar-refractivity contribution in [3.8, 4) is 0 Å². The van der Waals surface area contributed by atoms with Crippen molar-refractivity contribution in [1.29, 1.82) is 0 Å². The van der Waals surface area contributed by atoms with Crippen molar-refractivity contribution in [3.63, 3.8) is 0 Å². The fraction of sp³-hybridized carbons (Fsp3) is 0.611. The summed E-state index contributed by atoms with van der Waals surface area (Å²) in [4.78, 5) is 14.3. The summed E-state index contributed by atoms with van der Waals surface area (Å²) in [5, 5.41) is 13.1. The lowest BCUT2D eigenvalue weighted by Gasteiger charge is -2.29.